The first kappa shape index (κ1) is 25.1. The molecule has 5 rings (SSSR count). The number of fused-ring (bicyclic) bond motifs is 1. The highest BCUT2D eigenvalue weighted by Crippen LogP contribution is 2.39. The average molecular weight is 502 g/mol. The van der Waals surface area contributed by atoms with Crippen LogP contribution >= 0.6 is 0 Å². The van der Waals surface area contributed by atoms with E-state index in [2.05, 4.69) is 25.8 Å². The first-order valence-electron chi connectivity index (χ1n) is 13.0. The minimum atomic E-state index is 0.0438. The largest absolute Gasteiger partial charge is 0.378 e. The molecule has 1 aromatic carbocycles. The molecule has 0 bridgehead atoms. The maximum atomic E-state index is 13.4. The highest BCUT2D eigenvalue weighted by Gasteiger charge is 2.29. The summed E-state index contributed by atoms with van der Waals surface area (Å²) in [6.07, 6.45) is 4.48. The number of aromatic nitrogens is 3. The van der Waals surface area contributed by atoms with Crippen LogP contribution < -0.4 is 9.80 Å². The number of likely N-dealkylation sites (N-methyl/N-ethyl adjacent to an activating group) is 2. The van der Waals surface area contributed by atoms with Gasteiger partial charge in [0.1, 0.15) is 5.82 Å². The highest BCUT2D eigenvalue weighted by molar-refractivity contribution is 5.95. The summed E-state index contributed by atoms with van der Waals surface area (Å²) in [7, 11) is 4.05. The maximum Gasteiger partial charge on any atom is 0.253 e. The lowest BCUT2D eigenvalue weighted by Crippen LogP contribution is -2.37. The third kappa shape index (κ3) is 5.42. The van der Waals surface area contributed by atoms with Gasteiger partial charge in [-0.15, -0.1) is 0 Å². The molecule has 0 atom stereocenters. The number of hydrogen-bond acceptors (Lipinski definition) is 8. The Balaban J connectivity index is 1.54. The third-order valence-electron chi connectivity index (χ3n) is 6.94. The molecular formula is C28H35N7O2. The van der Waals surface area contributed by atoms with E-state index in [9.17, 15) is 4.79 Å². The topological polar surface area (TPSA) is 77.9 Å². The Kier molecular flexibility index (Phi) is 7.62. The number of carbonyl (C=O) groups excluding carboxylic acids is 1. The van der Waals surface area contributed by atoms with Gasteiger partial charge < -0.3 is 24.3 Å². The molecule has 1 fully saturated rings. The molecule has 1 amide bonds. The molecule has 0 spiro atoms. The fourth-order valence-corrected chi connectivity index (χ4v) is 4.86. The second kappa shape index (κ2) is 11.2. The van der Waals surface area contributed by atoms with E-state index in [0.29, 0.717) is 37.8 Å². The van der Waals surface area contributed by atoms with Crippen LogP contribution in [0.2, 0.25) is 0 Å². The summed E-state index contributed by atoms with van der Waals surface area (Å²) in [6.45, 7) is 7.83. The second-order valence-electron chi connectivity index (χ2n) is 9.66. The molecular weight excluding hydrogens is 466 g/mol. The van der Waals surface area contributed by atoms with Gasteiger partial charge in [-0.2, -0.15) is 4.98 Å². The number of benzene rings is 1. The summed E-state index contributed by atoms with van der Waals surface area (Å²) in [4.78, 5) is 36.2. The predicted molar refractivity (Wildman–Crippen MR) is 146 cm³/mol. The quantitative estimate of drug-likeness (QED) is 0.466. The van der Waals surface area contributed by atoms with Crippen molar-refractivity contribution < 1.29 is 9.53 Å². The minimum absolute atomic E-state index is 0.0438. The van der Waals surface area contributed by atoms with Gasteiger partial charge in [0.15, 0.2) is 0 Å². The number of anilines is 3. The SMILES string of the molecule is CCN(CCN(C)C)C(=O)c1cccc(-c2nc(N3CCOCC3)nc3c2CCN3c2cccnc2)c1. The predicted octanol–water partition coefficient (Wildman–Crippen LogP) is 3.09. The van der Waals surface area contributed by atoms with Crippen LogP contribution in [0.4, 0.5) is 17.5 Å². The van der Waals surface area contributed by atoms with Crippen molar-refractivity contribution in [3.05, 3.63) is 59.9 Å². The van der Waals surface area contributed by atoms with Gasteiger partial charge in [0, 0.05) is 62.2 Å². The van der Waals surface area contributed by atoms with E-state index in [1.54, 1.807) is 6.20 Å². The van der Waals surface area contributed by atoms with Crippen molar-refractivity contribution >= 4 is 23.4 Å². The zero-order chi connectivity index (χ0) is 25.8. The van der Waals surface area contributed by atoms with Gasteiger partial charge in [0.05, 0.1) is 30.8 Å². The number of pyridine rings is 1. The monoisotopic (exact) mass is 501 g/mol. The summed E-state index contributed by atoms with van der Waals surface area (Å²) in [5.74, 6) is 1.66. The lowest BCUT2D eigenvalue weighted by atomic mass is 10.0. The number of morpholine rings is 1. The van der Waals surface area contributed by atoms with Crippen LogP contribution in [-0.2, 0) is 11.2 Å². The second-order valence-corrected chi connectivity index (χ2v) is 9.66. The van der Waals surface area contributed by atoms with Crippen LogP contribution in [0.5, 0.6) is 0 Å². The van der Waals surface area contributed by atoms with Crippen LogP contribution in [0.1, 0.15) is 22.8 Å². The number of amides is 1. The average Bonchev–Trinajstić information content (AvgIpc) is 3.38. The minimum Gasteiger partial charge on any atom is -0.378 e. The molecule has 194 valence electrons. The van der Waals surface area contributed by atoms with Crippen LogP contribution in [0.3, 0.4) is 0 Å². The Morgan fingerprint density at radius 1 is 1.05 bits per heavy atom. The van der Waals surface area contributed by atoms with Crippen molar-refractivity contribution in [3.8, 4) is 11.3 Å². The van der Waals surface area contributed by atoms with Gasteiger partial charge in [-0.1, -0.05) is 12.1 Å². The molecule has 1 saturated heterocycles. The van der Waals surface area contributed by atoms with E-state index in [1.807, 2.05) is 62.4 Å². The van der Waals surface area contributed by atoms with Crippen molar-refractivity contribution in [1.82, 2.24) is 24.8 Å². The molecule has 4 heterocycles. The molecule has 0 radical (unpaired) electrons. The summed E-state index contributed by atoms with van der Waals surface area (Å²) in [5.41, 5.74) is 4.63. The molecule has 0 unspecified atom stereocenters. The first-order chi connectivity index (χ1) is 18.0. The third-order valence-corrected chi connectivity index (χ3v) is 6.94. The van der Waals surface area contributed by atoms with E-state index < -0.39 is 0 Å². The zero-order valence-electron chi connectivity index (χ0n) is 21.9. The molecule has 0 aliphatic carbocycles. The molecule has 9 nitrogen and oxygen atoms in total. The van der Waals surface area contributed by atoms with E-state index in [-0.39, 0.29) is 5.91 Å². The maximum absolute atomic E-state index is 13.4. The van der Waals surface area contributed by atoms with Crippen LogP contribution in [-0.4, -0.2) is 97.2 Å². The van der Waals surface area contributed by atoms with E-state index in [4.69, 9.17) is 14.7 Å². The molecule has 37 heavy (non-hydrogen) atoms. The fraction of sp³-hybridized carbons (Fsp3) is 0.429. The van der Waals surface area contributed by atoms with E-state index in [1.165, 1.54) is 0 Å². The Morgan fingerprint density at radius 2 is 1.89 bits per heavy atom. The summed E-state index contributed by atoms with van der Waals surface area (Å²) in [6, 6.07) is 11.9. The van der Waals surface area contributed by atoms with Crippen molar-refractivity contribution in [3.63, 3.8) is 0 Å². The van der Waals surface area contributed by atoms with Gasteiger partial charge in [0.25, 0.3) is 5.91 Å². The Morgan fingerprint density at radius 3 is 2.62 bits per heavy atom. The number of ether oxygens (including phenoxy) is 1. The fourth-order valence-electron chi connectivity index (χ4n) is 4.86. The van der Waals surface area contributed by atoms with Crippen molar-refractivity contribution in [2.75, 3.05) is 76.4 Å². The van der Waals surface area contributed by atoms with Gasteiger partial charge in [0.2, 0.25) is 5.95 Å². The van der Waals surface area contributed by atoms with E-state index >= 15 is 0 Å². The van der Waals surface area contributed by atoms with Gasteiger partial charge in [-0.05, 0) is 51.7 Å². The van der Waals surface area contributed by atoms with Crippen molar-refractivity contribution in [2.24, 2.45) is 0 Å². The zero-order valence-corrected chi connectivity index (χ0v) is 21.9. The number of hydrogen-bond donors (Lipinski definition) is 0. The molecule has 9 heteroatoms. The van der Waals surface area contributed by atoms with Crippen LogP contribution in [0.15, 0.2) is 48.8 Å². The normalized spacial score (nSPS) is 15.2. The summed E-state index contributed by atoms with van der Waals surface area (Å²) in [5, 5.41) is 0. The number of carbonyl (C=O) groups is 1. The van der Waals surface area contributed by atoms with Crippen molar-refractivity contribution in [2.45, 2.75) is 13.3 Å². The molecule has 2 aliphatic rings. The molecule has 2 aromatic heterocycles. The Hall–Kier alpha value is -3.56. The van der Waals surface area contributed by atoms with Gasteiger partial charge >= 0.3 is 0 Å². The van der Waals surface area contributed by atoms with Crippen LogP contribution in [0, 0.1) is 0 Å². The smallest absolute Gasteiger partial charge is 0.253 e. The van der Waals surface area contributed by atoms with E-state index in [0.717, 1.165) is 60.9 Å². The van der Waals surface area contributed by atoms with Gasteiger partial charge in [-0.25, -0.2) is 4.98 Å². The summed E-state index contributed by atoms with van der Waals surface area (Å²) < 4.78 is 5.57. The van der Waals surface area contributed by atoms with Crippen molar-refractivity contribution in [1.29, 1.82) is 0 Å². The Bertz CT molecular complexity index is 1230. The lowest BCUT2D eigenvalue weighted by molar-refractivity contribution is 0.0754. The standard InChI is InChI=1S/C28H35N7O2/c1-4-33(14-13-32(2)3)27(36)22-8-5-7-21(19-22)25-24-10-12-35(23-9-6-11-29-20-23)26(24)31-28(30-25)34-15-17-37-18-16-34/h5-9,11,19-20H,4,10,12-18H2,1-3H3. The lowest BCUT2D eigenvalue weighted by Gasteiger charge is -2.28. The number of rotatable bonds is 8. The first-order valence-corrected chi connectivity index (χ1v) is 13.0. The highest BCUT2D eigenvalue weighted by atomic mass is 16.5. The summed E-state index contributed by atoms with van der Waals surface area (Å²) >= 11 is 0. The molecule has 0 N–H and O–H groups in total. The van der Waals surface area contributed by atoms with Crippen LogP contribution in [0.25, 0.3) is 11.3 Å². The molecule has 0 saturated carbocycles. The number of nitrogens with zero attached hydrogens (tertiary/aromatic N) is 7. The molecule has 2 aliphatic heterocycles. The Labute approximate surface area is 218 Å². The molecule has 3 aromatic rings. The van der Waals surface area contributed by atoms with Gasteiger partial charge in [-0.3, -0.25) is 9.78 Å².